The van der Waals surface area contributed by atoms with Crippen LogP contribution in [-0.2, 0) is 17.5 Å². The van der Waals surface area contributed by atoms with Crippen molar-refractivity contribution < 1.29 is 22.7 Å². The zero-order chi connectivity index (χ0) is 22.7. The lowest BCUT2D eigenvalue weighted by atomic mass is 10.1. The maximum absolute atomic E-state index is 13.3. The summed E-state index contributed by atoms with van der Waals surface area (Å²) < 4.78 is 46.4. The molecule has 4 rings (SSSR count). The normalized spacial score (nSPS) is 11.4. The van der Waals surface area contributed by atoms with Gasteiger partial charge in [-0.25, -0.2) is 9.48 Å². The number of ether oxygens (including phenoxy) is 1. The monoisotopic (exact) mass is 457 g/mol. The number of nitrogens with zero attached hydrogens (tertiary/aromatic N) is 3. The number of hydrogen-bond acceptors (Lipinski definition) is 4. The van der Waals surface area contributed by atoms with Crippen LogP contribution in [0.25, 0.3) is 16.9 Å². The Kier molecular flexibility index (Phi) is 5.96. The summed E-state index contributed by atoms with van der Waals surface area (Å²) >= 11 is 6.19. The number of carbonyl (C=O) groups is 1. The molecule has 0 amide bonds. The van der Waals surface area contributed by atoms with E-state index in [1.165, 1.54) is 24.3 Å². The topological polar surface area (TPSA) is 57.0 Å². The third-order valence-electron chi connectivity index (χ3n) is 4.59. The molecule has 32 heavy (non-hydrogen) atoms. The van der Waals surface area contributed by atoms with Crippen molar-refractivity contribution in [2.45, 2.75) is 12.8 Å². The van der Waals surface area contributed by atoms with Gasteiger partial charge in [0.1, 0.15) is 6.61 Å². The number of esters is 1. The van der Waals surface area contributed by atoms with Gasteiger partial charge in [0.05, 0.1) is 22.0 Å². The molecule has 2 aromatic carbocycles. The first-order valence-electron chi connectivity index (χ1n) is 9.41. The van der Waals surface area contributed by atoms with Crippen LogP contribution in [0.3, 0.4) is 0 Å². The summed E-state index contributed by atoms with van der Waals surface area (Å²) in [5, 5.41) is 3.97. The van der Waals surface area contributed by atoms with Gasteiger partial charge in [-0.3, -0.25) is 4.98 Å². The average molecular weight is 458 g/mol. The van der Waals surface area contributed by atoms with Gasteiger partial charge in [0.25, 0.3) is 0 Å². The van der Waals surface area contributed by atoms with Crippen molar-refractivity contribution in [1.29, 1.82) is 0 Å². The molecule has 0 spiro atoms. The highest BCUT2D eigenvalue weighted by Gasteiger charge is 2.35. The number of hydrogen-bond donors (Lipinski definition) is 0. The van der Waals surface area contributed by atoms with Crippen molar-refractivity contribution in [3.63, 3.8) is 0 Å². The summed E-state index contributed by atoms with van der Waals surface area (Å²) in [4.78, 5) is 16.3. The molecule has 0 fully saturated rings. The molecule has 0 aliphatic carbocycles. The van der Waals surface area contributed by atoms with E-state index in [2.05, 4.69) is 10.1 Å². The van der Waals surface area contributed by atoms with Gasteiger partial charge >= 0.3 is 12.1 Å². The van der Waals surface area contributed by atoms with Crippen LogP contribution >= 0.6 is 11.6 Å². The Morgan fingerprint density at radius 1 is 1.03 bits per heavy atom. The molecule has 0 saturated carbocycles. The van der Waals surface area contributed by atoms with Crippen LogP contribution in [0.15, 0.2) is 79.1 Å². The molecule has 0 N–H and O–H groups in total. The second kappa shape index (κ2) is 8.84. The lowest BCUT2D eigenvalue weighted by Gasteiger charge is -2.10. The Balaban J connectivity index is 1.63. The molecule has 0 unspecified atom stereocenters. The number of carbonyl (C=O) groups excluding carboxylic acids is 1. The number of rotatable bonds is 5. The Bertz CT molecular complexity index is 1240. The van der Waals surface area contributed by atoms with Gasteiger partial charge in [-0.1, -0.05) is 41.9 Å². The number of alkyl halides is 3. The standard InChI is InChI=1S/C23H15ClF3N3O2/c24-18-5-1-2-6-19(18)30-20(12-21(29-30)23(25,26)27)16-7-9-17(10-8-16)22(31)32-14-15-4-3-11-28-13-15/h1-13H,14H2. The summed E-state index contributed by atoms with van der Waals surface area (Å²) in [7, 11) is 0. The van der Waals surface area contributed by atoms with Gasteiger partial charge in [0.2, 0.25) is 0 Å². The van der Waals surface area contributed by atoms with Crippen LogP contribution in [0.1, 0.15) is 21.6 Å². The summed E-state index contributed by atoms with van der Waals surface area (Å²) in [5.74, 6) is -0.559. The van der Waals surface area contributed by atoms with Crippen molar-refractivity contribution in [3.8, 4) is 16.9 Å². The largest absolute Gasteiger partial charge is 0.457 e. The first-order chi connectivity index (χ1) is 15.3. The van der Waals surface area contributed by atoms with Crippen LogP contribution in [-0.4, -0.2) is 20.7 Å². The van der Waals surface area contributed by atoms with Crippen LogP contribution in [0.2, 0.25) is 5.02 Å². The van der Waals surface area contributed by atoms with Gasteiger partial charge in [-0.2, -0.15) is 18.3 Å². The SMILES string of the molecule is O=C(OCc1cccnc1)c1ccc(-c2cc(C(F)(F)F)nn2-c2ccccc2Cl)cc1. The molecule has 0 bridgehead atoms. The maximum Gasteiger partial charge on any atom is 0.435 e. The molecular formula is C23H15ClF3N3O2. The van der Waals surface area contributed by atoms with Crippen LogP contribution in [0.5, 0.6) is 0 Å². The molecule has 2 aromatic heterocycles. The molecule has 0 saturated heterocycles. The van der Waals surface area contributed by atoms with E-state index >= 15 is 0 Å². The highest BCUT2D eigenvalue weighted by Crippen LogP contribution is 2.34. The van der Waals surface area contributed by atoms with E-state index in [1.807, 2.05) is 0 Å². The van der Waals surface area contributed by atoms with Crippen LogP contribution in [0, 0.1) is 0 Å². The summed E-state index contributed by atoms with van der Waals surface area (Å²) in [6.07, 6.45) is -1.43. The molecular weight excluding hydrogens is 443 g/mol. The Morgan fingerprint density at radius 3 is 2.44 bits per heavy atom. The molecule has 5 nitrogen and oxygen atoms in total. The molecule has 0 aliphatic rings. The fraction of sp³-hybridized carbons (Fsp3) is 0.0870. The second-order valence-electron chi connectivity index (χ2n) is 6.79. The third kappa shape index (κ3) is 4.65. The van der Waals surface area contributed by atoms with Gasteiger partial charge in [0.15, 0.2) is 5.69 Å². The fourth-order valence-electron chi connectivity index (χ4n) is 3.03. The lowest BCUT2D eigenvalue weighted by Crippen LogP contribution is -2.07. The van der Waals surface area contributed by atoms with Crippen molar-refractivity contribution >= 4 is 17.6 Å². The Morgan fingerprint density at radius 2 is 1.78 bits per heavy atom. The summed E-state index contributed by atoms with van der Waals surface area (Å²) in [6.45, 7) is 0.0582. The van der Waals surface area contributed by atoms with Crippen LogP contribution < -0.4 is 0 Å². The molecule has 162 valence electrons. The number of pyridine rings is 1. The van der Waals surface area contributed by atoms with Crippen molar-refractivity contribution in [1.82, 2.24) is 14.8 Å². The highest BCUT2D eigenvalue weighted by molar-refractivity contribution is 6.32. The minimum atomic E-state index is -4.63. The van der Waals surface area contributed by atoms with E-state index in [9.17, 15) is 18.0 Å². The van der Waals surface area contributed by atoms with Gasteiger partial charge in [-0.15, -0.1) is 0 Å². The number of benzene rings is 2. The predicted octanol–water partition coefficient (Wildman–Crippen LogP) is 5.96. The second-order valence-corrected chi connectivity index (χ2v) is 7.20. The first-order valence-corrected chi connectivity index (χ1v) is 9.79. The summed E-state index contributed by atoms with van der Waals surface area (Å²) in [5.41, 5.74) is 0.864. The van der Waals surface area contributed by atoms with Crippen molar-refractivity contribution in [2.75, 3.05) is 0 Å². The number of para-hydroxylation sites is 1. The molecule has 0 aliphatic heterocycles. The van der Waals surface area contributed by atoms with Crippen LogP contribution in [0.4, 0.5) is 13.2 Å². The van der Waals surface area contributed by atoms with Gasteiger partial charge in [-0.05, 0) is 36.4 Å². The Labute approximate surface area is 186 Å². The van der Waals surface area contributed by atoms with E-state index in [4.69, 9.17) is 16.3 Å². The average Bonchev–Trinajstić information content (AvgIpc) is 3.24. The van der Waals surface area contributed by atoms with Gasteiger partial charge < -0.3 is 4.74 Å². The van der Waals surface area contributed by atoms with E-state index in [0.29, 0.717) is 11.3 Å². The zero-order valence-electron chi connectivity index (χ0n) is 16.4. The Hall–Kier alpha value is -3.65. The van der Waals surface area contributed by atoms with E-state index in [0.717, 1.165) is 16.3 Å². The van der Waals surface area contributed by atoms with E-state index in [-0.39, 0.29) is 22.9 Å². The third-order valence-corrected chi connectivity index (χ3v) is 4.91. The molecule has 4 aromatic rings. The molecule has 9 heteroatoms. The maximum atomic E-state index is 13.3. The molecule has 0 radical (unpaired) electrons. The first kappa shape index (κ1) is 21.6. The van der Waals surface area contributed by atoms with Gasteiger partial charge in [0, 0.05) is 23.5 Å². The minimum absolute atomic E-state index is 0.0582. The van der Waals surface area contributed by atoms with E-state index < -0.39 is 17.8 Å². The lowest BCUT2D eigenvalue weighted by molar-refractivity contribution is -0.141. The van der Waals surface area contributed by atoms with Crippen molar-refractivity contribution in [3.05, 3.63) is 101 Å². The number of aromatic nitrogens is 3. The fourth-order valence-corrected chi connectivity index (χ4v) is 3.24. The predicted molar refractivity (Wildman–Crippen MR) is 112 cm³/mol. The van der Waals surface area contributed by atoms with E-state index in [1.54, 1.807) is 48.8 Å². The summed E-state index contributed by atoms with van der Waals surface area (Å²) in [6, 6.07) is 16.9. The quantitative estimate of drug-likeness (QED) is 0.347. The zero-order valence-corrected chi connectivity index (χ0v) is 17.1. The molecule has 2 heterocycles. The number of halogens is 4. The smallest absolute Gasteiger partial charge is 0.435 e. The minimum Gasteiger partial charge on any atom is -0.457 e. The van der Waals surface area contributed by atoms with Crippen molar-refractivity contribution in [2.24, 2.45) is 0 Å². The highest BCUT2D eigenvalue weighted by atomic mass is 35.5. The molecule has 0 atom stereocenters.